The van der Waals surface area contributed by atoms with Gasteiger partial charge in [-0.2, -0.15) is 0 Å². The summed E-state index contributed by atoms with van der Waals surface area (Å²) < 4.78 is 31.0. The number of sulfone groups is 1. The van der Waals surface area contributed by atoms with Crippen molar-refractivity contribution in [3.8, 4) is 0 Å². The van der Waals surface area contributed by atoms with Gasteiger partial charge in [0.15, 0.2) is 9.84 Å². The number of carbonyl (C=O) groups is 1. The van der Waals surface area contributed by atoms with E-state index < -0.39 is 27.6 Å². The van der Waals surface area contributed by atoms with Gasteiger partial charge in [0.2, 0.25) is 6.41 Å². The molecule has 28 heavy (non-hydrogen) atoms. The average Bonchev–Trinajstić information content (AvgIpc) is 2.62. The van der Waals surface area contributed by atoms with Gasteiger partial charge in [0.1, 0.15) is 0 Å². The first kappa shape index (κ1) is 22.3. The van der Waals surface area contributed by atoms with E-state index in [9.17, 15) is 13.2 Å². The smallest absolute Gasteiger partial charge is 0.233 e. The highest BCUT2D eigenvalue weighted by Crippen LogP contribution is 2.19. The number of hydroxylamine groups is 2. The normalized spacial score (nSPS) is 14.6. The van der Waals surface area contributed by atoms with Crippen LogP contribution in [0.1, 0.15) is 33.3 Å². The van der Waals surface area contributed by atoms with Crippen LogP contribution in [0, 0.1) is 0 Å². The van der Waals surface area contributed by atoms with Gasteiger partial charge >= 0.3 is 0 Å². The Labute approximate surface area is 166 Å². The summed E-state index contributed by atoms with van der Waals surface area (Å²) in [6, 6.07) is 8.56. The molecule has 2 atom stereocenters. The predicted octanol–water partition coefficient (Wildman–Crippen LogP) is 2.74. The van der Waals surface area contributed by atoms with Crippen molar-refractivity contribution in [2.45, 2.75) is 51.2 Å². The molecule has 0 N–H and O–H groups in total. The highest BCUT2D eigenvalue weighted by atomic mass is 32.2. The second-order valence-corrected chi connectivity index (χ2v) is 9.88. The third-order valence-electron chi connectivity index (χ3n) is 4.18. The van der Waals surface area contributed by atoms with Gasteiger partial charge in [-0.1, -0.05) is 18.2 Å². The van der Waals surface area contributed by atoms with Gasteiger partial charge in [-0.05, 0) is 45.4 Å². The molecular weight excluding hydrogens is 380 g/mol. The lowest BCUT2D eigenvalue weighted by molar-refractivity contribution is -0.240. The first-order valence-corrected chi connectivity index (χ1v) is 10.9. The molecule has 0 spiro atoms. The molecule has 2 rings (SSSR count). The van der Waals surface area contributed by atoms with Crippen molar-refractivity contribution in [2.75, 3.05) is 12.9 Å². The van der Waals surface area contributed by atoms with Crippen molar-refractivity contribution in [1.82, 2.24) is 10.0 Å². The van der Waals surface area contributed by atoms with E-state index in [1.807, 2.05) is 30.3 Å². The molecule has 0 aliphatic carbocycles. The standard InChI is InChI=1S/C20H28N2O5S/c1-15(26-5)19(22(14-23)27-20(2,3)4)13-28(24,25)12-16-10-17-8-6-7-9-18(17)21-11-16/h6-11,14-15,19H,12-13H2,1-5H3/t15-,19-/m1/s1. The first-order valence-electron chi connectivity index (χ1n) is 9.04. The molecule has 0 aliphatic heterocycles. The Morgan fingerprint density at radius 3 is 2.54 bits per heavy atom. The number of amides is 1. The van der Waals surface area contributed by atoms with E-state index in [1.165, 1.54) is 7.11 Å². The summed E-state index contributed by atoms with van der Waals surface area (Å²) in [5, 5.41) is 1.92. The summed E-state index contributed by atoms with van der Waals surface area (Å²) in [6.07, 6.45) is 1.54. The summed E-state index contributed by atoms with van der Waals surface area (Å²) in [7, 11) is -2.10. The summed E-state index contributed by atoms with van der Waals surface area (Å²) in [5.74, 6) is -0.469. The van der Waals surface area contributed by atoms with Gasteiger partial charge in [-0.15, -0.1) is 0 Å². The van der Waals surface area contributed by atoms with Crippen LogP contribution in [-0.2, 0) is 30.0 Å². The van der Waals surface area contributed by atoms with E-state index in [-0.39, 0.29) is 11.5 Å². The minimum Gasteiger partial charge on any atom is -0.379 e. The van der Waals surface area contributed by atoms with Crippen LogP contribution in [0.3, 0.4) is 0 Å². The fraction of sp³-hybridized carbons (Fsp3) is 0.500. The molecule has 0 saturated heterocycles. The summed E-state index contributed by atoms with van der Waals surface area (Å²) >= 11 is 0. The summed E-state index contributed by atoms with van der Waals surface area (Å²) in [4.78, 5) is 21.5. The second-order valence-electron chi connectivity index (χ2n) is 7.77. The van der Waals surface area contributed by atoms with Crippen LogP contribution in [0.4, 0.5) is 0 Å². The van der Waals surface area contributed by atoms with Crippen molar-refractivity contribution in [1.29, 1.82) is 0 Å². The lowest BCUT2D eigenvalue weighted by atomic mass is 10.2. The zero-order valence-electron chi connectivity index (χ0n) is 17.0. The monoisotopic (exact) mass is 408 g/mol. The lowest BCUT2D eigenvalue weighted by Crippen LogP contribution is -2.49. The Hall–Kier alpha value is -2.03. The van der Waals surface area contributed by atoms with Crippen LogP contribution in [-0.4, -0.2) is 55.5 Å². The first-order chi connectivity index (χ1) is 13.0. The van der Waals surface area contributed by atoms with Gasteiger partial charge in [0.05, 0.1) is 34.8 Å². The van der Waals surface area contributed by atoms with E-state index in [2.05, 4.69) is 4.98 Å². The Kier molecular flexibility index (Phi) is 7.14. The number of rotatable bonds is 9. The number of aromatic nitrogens is 1. The van der Waals surface area contributed by atoms with Crippen molar-refractivity contribution in [2.24, 2.45) is 0 Å². The molecule has 1 aromatic heterocycles. The Morgan fingerprint density at radius 1 is 1.25 bits per heavy atom. The Morgan fingerprint density at radius 2 is 1.93 bits per heavy atom. The molecule has 1 amide bonds. The van der Waals surface area contributed by atoms with Crippen molar-refractivity contribution < 1.29 is 22.8 Å². The number of hydrogen-bond donors (Lipinski definition) is 0. The molecule has 0 aliphatic rings. The quantitative estimate of drug-likeness (QED) is 0.468. The summed E-state index contributed by atoms with van der Waals surface area (Å²) in [5.41, 5.74) is 0.746. The average molecular weight is 409 g/mol. The maximum atomic E-state index is 12.9. The molecule has 0 saturated carbocycles. The van der Waals surface area contributed by atoms with Crippen molar-refractivity contribution in [3.63, 3.8) is 0 Å². The molecule has 0 fully saturated rings. The molecule has 1 heterocycles. The number of hydrogen-bond acceptors (Lipinski definition) is 6. The molecule has 0 unspecified atom stereocenters. The molecular formula is C20H28N2O5S. The van der Waals surface area contributed by atoms with E-state index in [0.717, 1.165) is 16.0 Å². The van der Waals surface area contributed by atoms with Crippen molar-refractivity contribution in [3.05, 3.63) is 42.1 Å². The van der Waals surface area contributed by atoms with Crippen LogP contribution >= 0.6 is 0 Å². The fourth-order valence-electron chi connectivity index (χ4n) is 2.83. The minimum atomic E-state index is -3.57. The summed E-state index contributed by atoms with van der Waals surface area (Å²) in [6.45, 7) is 7.06. The topological polar surface area (TPSA) is 85.8 Å². The van der Waals surface area contributed by atoms with Gasteiger partial charge in [0.25, 0.3) is 0 Å². The number of pyridine rings is 1. The molecule has 7 nitrogen and oxygen atoms in total. The largest absolute Gasteiger partial charge is 0.379 e. The number of benzene rings is 1. The molecule has 154 valence electrons. The van der Waals surface area contributed by atoms with Crippen LogP contribution in [0.5, 0.6) is 0 Å². The number of ether oxygens (including phenoxy) is 1. The molecule has 0 radical (unpaired) electrons. The van der Waals surface area contributed by atoms with E-state index >= 15 is 0 Å². The molecule has 2 aromatic rings. The number of carbonyl (C=O) groups excluding carboxylic acids is 1. The van der Waals surface area contributed by atoms with Gasteiger partial charge in [-0.3, -0.25) is 14.6 Å². The van der Waals surface area contributed by atoms with Crippen LogP contribution in [0.2, 0.25) is 0 Å². The fourth-order valence-corrected chi connectivity index (χ4v) is 4.55. The van der Waals surface area contributed by atoms with Gasteiger partial charge in [0, 0.05) is 18.7 Å². The predicted molar refractivity (Wildman–Crippen MR) is 108 cm³/mol. The van der Waals surface area contributed by atoms with Crippen LogP contribution in [0.25, 0.3) is 10.9 Å². The van der Waals surface area contributed by atoms with Crippen molar-refractivity contribution >= 4 is 27.2 Å². The lowest BCUT2D eigenvalue weighted by Gasteiger charge is -2.35. The SMILES string of the molecule is CO[C@H](C)[C@@H](CS(=O)(=O)Cc1cnc2ccccc2c1)N(C=O)OC(C)(C)C. The highest BCUT2D eigenvalue weighted by molar-refractivity contribution is 7.90. The van der Waals surface area contributed by atoms with Crippen LogP contribution < -0.4 is 0 Å². The number of methoxy groups -OCH3 is 1. The third kappa shape index (κ3) is 6.25. The Bertz CT molecular complexity index is 908. The molecule has 1 aromatic carbocycles. The Balaban J connectivity index is 2.24. The molecule has 8 heteroatoms. The van der Waals surface area contributed by atoms with Gasteiger partial charge in [-0.25, -0.2) is 13.5 Å². The van der Waals surface area contributed by atoms with E-state index in [4.69, 9.17) is 9.57 Å². The second kappa shape index (κ2) is 8.98. The number of fused-ring (bicyclic) bond motifs is 1. The maximum Gasteiger partial charge on any atom is 0.233 e. The zero-order valence-corrected chi connectivity index (χ0v) is 17.8. The number of nitrogens with zero attached hydrogens (tertiary/aromatic N) is 2. The maximum absolute atomic E-state index is 12.9. The highest BCUT2D eigenvalue weighted by Gasteiger charge is 2.32. The number of para-hydroxylation sites is 1. The zero-order chi connectivity index (χ0) is 20.9. The minimum absolute atomic E-state index is 0.181. The molecule has 0 bridgehead atoms. The van der Waals surface area contributed by atoms with E-state index in [0.29, 0.717) is 12.0 Å². The van der Waals surface area contributed by atoms with Gasteiger partial charge < -0.3 is 4.74 Å². The van der Waals surface area contributed by atoms with Crippen LogP contribution in [0.15, 0.2) is 36.5 Å². The van der Waals surface area contributed by atoms with E-state index in [1.54, 1.807) is 33.9 Å². The third-order valence-corrected chi connectivity index (χ3v) is 5.80.